The summed E-state index contributed by atoms with van der Waals surface area (Å²) in [5.41, 5.74) is 0. The van der Waals surface area contributed by atoms with Gasteiger partial charge in [0.25, 0.3) is 0 Å². The van der Waals surface area contributed by atoms with E-state index in [0.29, 0.717) is 6.54 Å². The second kappa shape index (κ2) is 5.46. The molecule has 2 atom stereocenters. The van der Waals surface area contributed by atoms with Gasteiger partial charge in [-0.05, 0) is 13.0 Å². The number of nitrogens with one attached hydrogen (secondary N) is 1. The number of nitrogens with zero attached hydrogens (tertiary/aromatic N) is 1. The summed E-state index contributed by atoms with van der Waals surface area (Å²) >= 11 is 0. The lowest BCUT2D eigenvalue weighted by Crippen LogP contribution is -2.53. The van der Waals surface area contributed by atoms with Crippen LogP contribution in [0.2, 0.25) is 0 Å². The zero-order valence-electron chi connectivity index (χ0n) is 10.5. The second-order valence-electron chi connectivity index (χ2n) is 5.09. The van der Waals surface area contributed by atoms with Crippen molar-refractivity contribution in [2.45, 2.75) is 18.9 Å². The van der Waals surface area contributed by atoms with E-state index in [1.54, 1.807) is 0 Å². The van der Waals surface area contributed by atoms with Gasteiger partial charge in [-0.1, -0.05) is 0 Å². The molecule has 8 heteroatoms. The first kappa shape index (κ1) is 14.3. The van der Waals surface area contributed by atoms with Crippen molar-refractivity contribution in [1.29, 1.82) is 0 Å². The van der Waals surface area contributed by atoms with Gasteiger partial charge in [0.1, 0.15) is 0 Å². The molecule has 0 aromatic carbocycles. The third-order valence-corrected chi connectivity index (χ3v) is 5.33. The Balaban J connectivity index is 2.11. The fraction of sp³-hybridized carbons (Fsp3) is 0.818. The Morgan fingerprint density at radius 2 is 2.11 bits per heavy atom. The van der Waals surface area contributed by atoms with E-state index in [0.717, 1.165) is 13.0 Å². The monoisotopic (exact) mass is 290 g/mol. The highest BCUT2D eigenvalue weighted by Crippen LogP contribution is 2.20. The van der Waals surface area contributed by atoms with E-state index in [9.17, 15) is 18.0 Å². The highest BCUT2D eigenvalue weighted by Gasteiger charge is 2.38. The van der Waals surface area contributed by atoms with Crippen LogP contribution in [0.15, 0.2) is 0 Å². The average Bonchev–Trinajstić information content (AvgIpc) is 2.79. The van der Waals surface area contributed by atoms with Crippen molar-refractivity contribution in [2.24, 2.45) is 5.92 Å². The third-order valence-electron chi connectivity index (χ3n) is 3.63. The van der Waals surface area contributed by atoms with Crippen LogP contribution < -0.4 is 5.32 Å². The number of aliphatic carboxylic acids is 1. The van der Waals surface area contributed by atoms with Gasteiger partial charge in [0.2, 0.25) is 5.91 Å². The minimum absolute atomic E-state index is 0.0744. The number of carbonyl (C=O) groups excluding carboxylic acids is 1. The van der Waals surface area contributed by atoms with Crippen molar-refractivity contribution in [3.63, 3.8) is 0 Å². The normalized spacial score (nSPS) is 30.2. The molecule has 7 nitrogen and oxygen atoms in total. The van der Waals surface area contributed by atoms with Crippen LogP contribution in [0.25, 0.3) is 0 Å². The molecule has 2 heterocycles. The molecule has 0 aromatic heterocycles. The van der Waals surface area contributed by atoms with E-state index in [1.807, 2.05) is 0 Å². The van der Waals surface area contributed by atoms with Crippen LogP contribution in [0.3, 0.4) is 0 Å². The third kappa shape index (κ3) is 3.44. The SMILES string of the molecule is O=C(O)CC1CS(=O)(=O)CCN1C(=O)C1CCNC1. The predicted octanol–water partition coefficient (Wildman–Crippen LogP) is -1.30. The number of carbonyl (C=O) groups is 2. The highest BCUT2D eigenvalue weighted by molar-refractivity contribution is 7.91. The fourth-order valence-electron chi connectivity index (χ4n) is 2.65. The maximum absolute atomic E-state index is 12.3. The molecule has 2 aliphatic rings. The smallest absolute Gasteiger partial charge is 0.305 e. The van der Waals surface area contributed by atoms with Crippen molar-refractivity contribution in [2.75, 3.05) is 31.1 Å². The number of carboxylic acid groups (broad SMARTS) is 1. The molecule has 0 spiro atoms. The van der Waals surface area contributed by atoms with Crippen molar-refractivity contribution in [3.8, 4) is 0 Å². The Hall–Kier alpha value is -1.15. The molecule has 0 aromatic rings. The van der Waals surface area contributed by atoms with E-state index in [4.69, 9.17) is 5.11 Å². The van der Waals surface area contributed by atoms with Crippen LogP contribution in [0.4, 0.5) is 0 Å². The Kier molecular flexibility index (Phi) is 4.10. The van der Waals surface area contributed by atoms with Crippen LogP contribution in [-0.4, -0.2) is 67.5 Å². The van der Waals surface area contributed by atoms with E-state index < -0.39 is 21.8 Å². The molecule has 2 aliphatic heterocycles. The summed E-state index contributed by atoms with van der Waals surface area (Å²) < 4.78 is 23.2. The number of rotatable bonds is 3. The first-order valence-electron chi connectivity index (χ1n) is 6.32. The number of carboxylic acids is 1. The van der Waals surface area contributed by atoms with Gasteiger partial charge < -0.3 is 15.3 Å². The largest absolute Gasteiger partial charge is 0.481 e. The molecular weight excluding hydrogens is 272 g/mol. The summed E-state index contributed by atoms with van der Waals surface area (Å²) in [7, 11) is -3.24. The minimum Gasteiger partial charge on any atom is -0.481 e. The van der Waals surface area contributed by atoms with Crippen LogP contribution >= 0.6 is 0 Å². The minimum atomic E-state index is -3.24. The molecule has 2 rings (SSSR count). The number of sulfone groups is 1. The predicted molar refractivity (Wildman–Crippen MR) is 67.4 cm³/mol. The standard InChI is InChI=1S/C11H18N2O5S/c14-10(15)5-9-7-19(17,18)4-3-13(9)11(16)8-1-2-12-6-8/h8-9,12H,1-7H2,(H,14,15). The molecule has 2 N–H and O–H groups in total. The van der Waals surface area contributed by atoms with Crippen LogP contribution in [0.1, 0.15) is 12.8 Å². The number of hydrogen-bond donors (Lipinski definition) is 2. The van der Waals surface area contributed by atoms with Crippen molar-refractivity contribution in [1.82, 2.24) is 10.2 Å². The van der Waals surface area contributed by atoms with Gasteiger partial charge in [-0.15, -0.1) is 0 Å². The summed E-state index contributed by atoms with van der Waals surface area (Å²) in [6.07, 6.45) is 0.410. The molecule has 108 valence electrons. The first-order valence-corrected chi connectivity index (χ1v) is 8.14. The molecule has 0 radical (unpaired) electrons. The van der Waals surface area contributed by atoms with E-state index in [-0.39, 0.29) is 36.3 Å². The zero-order chi connectivity index (χ0) is 14.0. The molecule has 0 bridgehead atoms. The summed E-state index contributed by atoms with van der Waals surface area (Å²) in [6, 6.07) is -0.732. The van der Waals surface area contributed by atoms with Crippen LogP contribution in [0.5, 0.6) is 0 Å². The van der Waals surface area contributed by atoms with E-state index in [1.165, 1.54) is 4.90 Å². The lowest BCUT2D eigenvalue weighted by molar-refractivity contribution is -0.141. The number of hydrogen-bond acceptors (Lipinski definition) is 5. The lowest BCUT2D eigenvalue weighted by atomic mass is 10.1. The summed E-state index contributed by atoms with van der Waals surface area (Å²) in [5, 5.41) is 11.9. The maximum atomic E-state index is 12.3. The van der Waals surface area contributed by atoms with Gasteiger partial charge in [-0.2, -0.15) is 0 Å². The second-order valence-corrected chi connectivity index (χ2v) is 7.32. The lowest BCUT2D eigenvalue weighted by Gasteiger charge is -2.36. The molecule has 0 aliphatic carbocycles. The maximum Gasteiger partial charge on any atom is 0.305 e. The van der Waals surface area contributed by atoms with Crippen LogP contribution in [0, 0.1) is 5.92 Å². The molecule has 2 unspecified atom stereocenters. The fourth-order valence-corrected chi connectivity index (χ4v) is 4.17. The number of amides is 1. The van der Waals surface area contributed by atoms with Gasteiger partial charge >= 0.3 is 5.97 Å². The Morgan fingerprint density at radius 1 is 1.37 bits per heavy atom. The molecule has 2 fully saturated rings. The average molecular weight is 290 g/mol. The van der Waals surface area contributed by atoms with Gasteiger partial charge in [0, 0.05) is 13.1 Å². The van der Waals surface area contributed by atoms with Crippen LogP contribution in [-0.2, 0) is 19.4 Å². The van der Waals surface area contributed by atoms with E-state index >= 15 is 0 Å². The van der Waals surface area contributed by atoms with Gasteiger partial charge in [-0.3, -0.25) is 9.59 Å². The first-order chi connectivity index (χ1) is 8.89. The zero-order valence-corrected chi connectivity index (χ0v) is 11.4. The Labute approximate surface area is 111 Å². The Bertz CT molecular complexity index is 469. The molecule has 19 heavy (non-hydrogen) atoms. The molecule has 0 saturated carbocycles. The summed E-state index contributed by atoms with van der Waals surface area (Å²) in [6.45, 7) is 1.46. The van der Waals surface area contributed by atoms with E-state index in [2.05, 4.69) is 5.32 Å². The molecule has 2 saturated heterocycles. The molecular formula is C11H18N2O5S. The topological polar surface area (TPSA) is 104 Å². The Morgan fingerprint density at radius 3 is 2.68 bits per heavy atom. The van der Waals surface area contributed by atoms with Crippen molar-refractivity contribution < 1.29 is 23.1 Å². The van der Waals surface area contributed by atoms with Crippen molar-refractivity contribution in [3.05, 3.63) is 0 Å². The summed E-state index contributed by atoms with van der Waals surface area (Å²) in [5.74, 6) is -1.67. The van der Waals surface area contributed by atoms with Gasteiger partial charge in [0.15, 0.2) is 9.84 Å². The highest BCUT2D eigenvalue weighted by atomic mass is 32.2. The van der Waals surface area contributed by atoms with Gasteiger partial charge in [0.05, 0.1) is 29.9 Å². The van der Waals surface area contributed by atoms with Crippen molar-refractivity contribution >= 4 is 21.7 Å². The summed E-state index contributed by atoms with van der Waals surface area (Å²) in [4.78, 5) is 24.6. The molecule has 1 amide bonds. The van der Waals surface area contributed by atoms with Gasteiger partial charge in [-0.25, -0.2) is 8.42 Å². The quantitative estimate of drug-likeness (QED) is 0.669.